The number of methoxy groups -OCH3 is 1. The lowest BCUT2D eigenvalue weighted by molar-refractivity contribution is -0.123. The van der Waals surface area contributed by atoms with Gasteiger partial charge in [-0.3, -0.25) is 9.59 Å². The van der Waals surface area contributed by atoms with Crippen LogP contribution in [0.1, 0.15) is 19.4 Å². The third kappa shape index (κ3) is 5.61. The molecule has 0 aromatic heterocycles. The Morgan fingerprint density at radius 3 is 2.59 bits per heavy atom. The van der Waals surface area contributed by atoms with Crippen molar-refractivity contribution in [3.63, 3.8) is 0 Å². The van der Waals surface area contributed by atoms with E-state index in [0.29, 0.717) is 24.6 Å². The van der Waals surface area contributed by atoms with Gasteiger partial charge in [-0.15, -0.1) is 0 Å². The number of nitrogens with one attached hydrogen (secondary N) is 2. The van der Waals surface area contributed by atoms with Crippen molar-refractivity contribution in [3.8, 4) is 11.5 Å². The largest absolute Gasteiger partial charge is 0.493 e. The molecule has 0 unspecified atom stereocenters. The molecule has 0 aliphatic heterocycles. The second kappa shape index (κ2) is 8.89. The number of hydrogen-bond donors (Lipinski definition) is 3. The van der Waals surface area contributed by atoms with Gasteiger partial charge in [-0.25, -0.2) is 0 Å². The van der Waals surface area contributed by atoms with Gasteiger partial charge in [0, 0.05) is 13.1 Å². The molecule has 1 atom stereocenters. The summed E-state index contributed by atoms with van der Waals surface area (Å²) in [6, 6.07) is 4.68. The number of carbonyl (C=O) groups is 2. The van der Waals surface area contributed by atoms with E-state index in [-0.39, 0.29) is 18.4 Å². The predicted octanol–water partition coefficient (Wildman–Crippen LogP) is 0.174. The van der Waals surface area contributed by atoms with E-state index in [9.17, 15) is 9.59 Å². The fourth-order valence-electron chi connectivity index (χ4n) is 1.68. The Balaban J connectivity index is 2.66. The van der Waals surface area contributed by atoms with Crippen LogP contribution in [0.3, 0.4) is 0 Å². The first kappa shape index (κ1) is 17.8. The van der Waals surface area contributed by atoms with Crippen molar-refractivity contribution in [2.45, 2.75) is 26.4 Å². The van der Waals surface area contributed by atoms with Crippen molar-refractivity contribution in [1.29, 1.82) is 0 Å². The normalized spacial score (nSPS) is 11.5. The van der Waals surface area contributed by atoms with E-state index in [1.165, 1.54) is 7.11 Å². The van der Waals surface area contributed by atoms with Gasteiger partial charge in [-0.2, -0.15) is 0 Å². The monoisotopic (exact) mass is 309 g/mol. The molecule has 4 N–H and O–H groups in total. The number of carbonyl (C=O) groups excluding carboxylic acids is 2. The molecule has 0 spiro atoms. The van der Waals surface area contributed by atoms with Crippen LogP contribution < -0.4 is 25.8 Å². The topological polar surface area (TPSA) is 103 Å². The van der Waals surface area contributed by atoms with Crippen molar-refractivity contribution in [2.75, 3.05) is 20.3 Å². The summed E-state index contributed by atoms with van der Waals surface area (Å²) in [6.45, 7) is 4.27. The molecular formula is C15H23N3O4. The summed E-state index contributed by atoms with van der Waals surface area (Å²) in [4.78, 5) is 22.8. The predicted molar refractivity (Wildman–Crippen MR) is 82.7 cm³/mol. The average Bonchev–Trinajstić information content (AvgIpc) is 2.50. The summed E-state index contributed by atoms with van der Waals surface area (Å²) >= 11 is 0. The summed E-state index contributed by atoms with van der Waals surface area (Å²) in [7, 11) is 1.51. The highest BCUT2D eigenvalue weighted by Crippen LogP contribution is 2.27. The van der Waals surface area contributed by atoms with Crippen molar-refractivity contribution < 1.29 is 19.1 Å². The smallest absolute Gasteiger partial charge is 0.257 e. The van der Waals surface area contributed by atoms with Crippen LogP contribution in [0.5, 0.6) is 11.5 Å². The molecule has 0 fully saturated rings. The maximum Gasteiger partial charge on any atom is 0.257 e. The van der Waals surface area contributed by atoms with Gasteiger partial charge >= 0.3 is 0 Å². The first-order valence-corrected chi connectivity index (χ1v) is 7.07. The van der Waals surface area contributed by atoms with Gasteiger partial charge in [0.15, 0.2) is 18.1 Å². The van der Waals surface area contributed by atoms with Crippen LogP contribution in [0.15, 0.2) is 18.2 Å². The second-order valence-corrected chi connectivity index (χ2v) is 4.73. The van der Waals surface area contributed by atoms with Crippen LogP contribution in [0.25, 0.3) is 0 Å². The summed E-state index contributed by atoms with van der Waals surface area (Å²) in [5.41, 5.74) is 6.32. The fourth-order valence-corrected chi connectivity index (χ4v) is 1.68. The van der Waals surface area contributed by atoms with Gasteiger partial charge in [0.05, 0.1) is 13.2 Å². The van der Waals surface area contributed by atoms with Gasteiger partial charge in [0.25, 0.3) is 5.91 Å². The molecule has 122 valence electrons. The zero-order valence-electron chi connectivity index (χ0n) is 13.1. The summed E-state index contributed by atoms with van der Waals surface area (Å²) in [5.74, 6) is 0.543. The molecule has 0 aliphatic rings. The van der Waals surface area contributed by atoms with Crippen molar-refractivity contribution in [2.24, 2.45) is 5.73 Å². The zero-order chi connectivity index (χ0) is 16.5. The van der Waals surface area contributed by atoms with Crippen molar-refractivity contribution >= 4 is 11.8 Å². The minimum absolute atomic E-state index is 0.0784. The molecular weight excluding hydrogens is 286 g/mol. The Morgan fingerprint density at radius 1 is 1.27 bits per heavy atom. The minimum Gasteiger partial charge on any atom is -0.493 e. The number of rotatable bonds is 8. The second-order valence-electron chi connectivity index (χ2n) is 4.73. The number of benzene rings is 1. The first-order chi connectivity index (χ1) is 10.5. The molecule has 1 aromatic rings. The van der Waals surface area contributed by atoms with Gasteiger partial charge in [-0.05, 0) is 31.5 Å². The average molecular weight is 309 g/mol. The van der Waals surface area contributed by atoms with Crippen LogP contribution in [0.2, 0.25) is 0 Å². The molecule has 1 aromatic carbocycles. The van der Waals surface area contributed by atoms with Gasteiger partial charge < -0.3 is 25.8 Å². The zero-order valence-corrected chi connectivity index (χ0v) is 13.1. The third-order valence-electron chi connectivity index (χ3n) is 2.84. The minimum atomic E-state index is -0.554. The number of amides is 2. The van der Waals surface area contributed by atoms with E-state index in [0.717, 1.165) is 5.56 Å². The summed E-state index contributed by atoms with van der Waals surface area (Å²) < 4.78 is 10.7. The first-order valence-electron chi connectivity index (χ1n) is 7.07. The number of hydrogen-bond acceptors (Lipinski definition) is 5. The van der Waals surface area contributed by atoms with E-state index >= 15 is 0 Å². The van der Waals surface area contributed by atoms with Crippen LogP contribution in [-0.2, 0) is 16.1 Å². The maximum absolute atomic E-state index is 11.4. The molecule has 7 heteroatoms. The van der Waals surface area contributed by atoms with E-state index in [2.05, 4.69) is 10.6 Å². The highest BCUT2D eigenvalue weighted by molar-refractivity contribution is 5.81. The molecule has 22 heavy (non-hydrogen) atoms. The van der Waals surface area contributed by atoms with Crippen LogP contribution in [0.4, 0.5) is 0 Å². The van der Waals surface area contributed by atoms with E-state index in [1.54, 1.807) is 25.1 Å². The Labute approximate surface area is 130 Å². The van der Waals surface area contributed by atoms with Crippen molar-refractivity contribution in [1.82, 2.24) is 10.6 Å². The summed E-state index contributed by atoms with van der Waals surface area (Å²) in [5, 5.41) is 5.36. The highest BCUT2D eigenvalue weighted by atomic mass is 16.5. The highest BCUT2D eigenvalue weighted by Gasteiger charge is 2.10. The molecule has 2 amide bonds. The van der Waals surface area contributed by atoms with Gasteiger partial charge in [-0.1, -0.05) is 6.07 Å². The Kier molecular flexibility index (Phi) is 7.18. The van der Waals surface area contributed by atoms with Gasteiger partial charge in [0.2, 0.25) is 5.91 Å². The molecule has 0 aliphatic carbocycles. The third-order valence-corrected chi connectivity index (χ3v) is 2.84. The van der Waals surface area contributed by atoms with Crippen LogP contribution in [0, 0.1) is 0 Å². The van der Waals surface area contributed by atoms with Crippen LogP contribution in [-0.4, -0.2) is 38.1 Å². The molecule has 0 saturated heterocycles. The molecule has 0 radical (unpaired) electrons. The lowest BCUT2D eigenvalue weighted by Crippen LogP contribution is -2.37. The Bertz CT molecular complexity index is 518. The molecule has 7 nitrogen and oxygen atoms in total. The Morgan fingerprint density at radius 2 is 2.00 bits per heavy atom. The van der Waals surface area contributed by atoms with Crippen molar-refractivity contribution in [3.05, 3.63) is 23.8 Å². The lowest BCUT2D eigenvalue weighted by atomic mass is 10.2. The SMILES string of the molecule is CCNC(=O)COc1ccc(CNC(=O)[C@@H](C)N)cc1OC. The number of nitrogens with two attached hydrogens (primary N) is 1. The molecule has 0 saturated carbocycles. The number of ether oxygens (including phenoxy) is 2. The van der Waals surface area contributed by atoms with E-state index < -0.39 is 6.04 Å². The standard InChI is InChI=1S/C15H23N3O4/c1-4-17-14(19)9-22-12-6-5-11(7-13(12)21-3)8-18-15(20)10(2)16/h5-7,10H,4,8-9,16H2,1-3H3,(H,17,19)(H,18,20)/t10-/m1/s1. The molecule has 1 rings (SSSR count). The molecule has 0 heterocycles. The van der Waals surface area contributed by atoms with E-state index in [1.807, 2.05) is 6.92 Å². The van der Waals surface area contributed by atoms with Crippen LogP contribution >= 0.6 is 0 Å². The quantitative estimate of drug-likeness (QED) is 0.635. The lowest BCUT2D eigenvalue weighted by Gasteiger charge is -2.13. The fraction of sp³-hybridized carbons (Fsp3) is 0.467. The molecule has 0 bridgehead atoms. The number of likely N-dealkylation sites (N-methyl/N-ethyl adjacent to an activating group) is 1. The summed E-state index contributed by atoms with van der Waals surface area (Å²) in [6.07, 6.45) is 0. The van der Waals surface area contributed by atoms with Gasteiger partial charge in [0.1, 0.15) is 0 Å². The maximum atomic E-state index is 11.4. The Hall–Kier alpha value is -2.28. The van der Waals surface area contributed by atoms with E-state index in [4.69, 9.17) is 15.2 Å².